The molecule has 1 aromatic heterocycles. The van der Waals surface area contributed by atoms with Crippen molar-refractivity contribution >= 4 is 27.8 Å². The highest BCUT2D eigenvalue weighted by atomic mass is 79.9. The first-order valence-corrected chi connectivity index (χ1v) is 6.05. The third kappa shape index (κ3) is 3.04. The average Bonchev–Trinajstić information content (AvgIpc) is 2.72. The van der Waals surface area contributed by atoms with E-state index < -0.39 is 4.92 Å². The molecule has 0 amide bonds. The summed E-state index contributed by atoms with van der Waals surface area (Å²) in [7, 11) is 0. The minimum absolute atomic E-state index is 0.164. The molecule has 0 spiro atoms. The molecule has 6 heteroatoms. The van der Waals surface area contributed by atoms with E-state index in [4.69, 9.17) is 0 Å². The van der Waals surface area contributed by atoms with Gasteiger partial charge in [0.1, 0.15) is 4.47 Å². The monoisotopic (exact) mass is 307 g/mol. The first-order valence-electron chi connectivity index (χ1n) is 5.26. The van der Waals surface area contributed by atoms with Crippen LogP contribution in [0.15, 0.2) is 47.1 Å². The number of benzene rings is 1. The minimum atomic E-state index is -0.512. The molecule has 0 saturated carbocycles. The normalized spacial score (nSPS) is 10.9. The van der Waals surface area contributed by atoms with Crippen LogP contribution in [0.4, 0.5) is 5.82 Å². The molecular weight excluding hydrogens is 298 g/mol. The van der Waals surface area contributed by atoms with Crippen LogP contribution in [-0.2, 0) is 6.54 Å². The third-order valence-electron chi connectivity index (χ3n) is 2.27. The lowest BCUT2D eigenvalue weighted by Gasteiger charge is -1.91. The topological polar surface area (TPSA) is 61.0 Å². The second-order valence-electron chi connectivity index (χ2n) is 3.59. The van der Waals surface area contributed by atoms with Gasteiger partial charge in [0.05, 0.1) is 17.8 Å². The standard InChI is InChI=1S/C12H10BrN3O2/c13-11-9-15(14-12(11)16(17)18)8-4-7-10-5-2-1-3-6-10/h1-7,9H,8H2/b7-4+. The molecule has 0 N–H and O–H groups in total. The van der Waals surface area contributed by atoms with E-state index in [-0.39, 0.29) is 5.82 Å². The van der Waals surface area contributed by atoms with Gasteiger partial charge >= 0.3 is 5.82 Å². The maximum Gasteiger partial charge on any atom is 0.404 e. The summed E-state index contributed by atoms with van der Waals surface area (Å²) in [4.78, 5) is 10.1. The molecule has 0 bridgehead atoms. The van der Waals surface area contributed by atoms with Gasteiger partial charge in [-0.15, -0.1) is 0 Å². The van der Waals surface area contributed by atoms with E-state index in [2.05, 4.69) is 21.0 Å². The fraction of sp³-hybridized carbons (Fsp3) is 0.0833. The lowest BCUT2D eigenvalue weighted by Crippen LogP contribution is -1.97. The van der Waals surface area contributed by atoms with Gasteiger partial charge in [0.15, 0.2) is 0 Å². The van der Waals surface area contributed by atoms with Crippen LogP contribution >= 0.6 is 15.9 Å². The largest absolute Gasteiger partial charge is 0.404 e. The zero-order valence-corrected chi connectivity index (χ0v) is 10.9. The van der Waals surface area contributed by atoms with Crippen LogP contribution in [0.5, 0.6) is 0 Å². The summed E-state index contributed by atoms with van der Waals surface area (Å²) in [6.07, 6.45) is 5.44. The SMILES string of the molecule is O=[N+]([O-])c1nn(C/C=C/c2ccccc2)cc1Br. The van der Waals surface area contributed by atoms with Crippen LogP contribution in [0.3, 0.4) is 0 Å². The van der Waals surface area contributed by atoms with E-state index in [9.17, 15) is 10.1 Å². The van der Waals surface area contributed by atoms with Crippen LogP contribution in [0.2, 0.25) is 0 Å². The molecule has 0 aliphatic heterocycles. The van der Waals surface area contributed by atoms with E-state index in [1.807, 2.05) is 42.5 Å². The van der Waals surface area contributed by atoms with Crippen molar-refractivity contribution in [2.45, 2.75) is 6.54 Å². The Kier molecular flexibility index (Phi) is 3.88. The van der Waals surface area contributed by atoms with Crippen LogP contribution < -0.4 is 0 Å². The highest BCUT2D eigenvalue weighted by molar-refractivity contribution is 9.10. The summed E-state index contributed by atoms with van der Waals surface area (Å²) in [6.45, 7) is 0.487. The summed E-state index contributed by atoms with van der Waals surface area (Å²) in [5.41, 5.74) is 1.08. The first kappa shape index (κ1) is 12.5. The molecule has 0 aliphatic carbocycles. The van der Waals surface area contributed by atoms with Crippen molar-refractivity contribution in [3.63, 3.8) is 0 Å². The van der Waals surface area contributed by atoms with Gasteiger partial charge in [-0.3, -0.25) is 0 Å². The maximum absolute atomic E-state index is 10.6. The van der Waals surface area contributed by atoms with Gasteiger partial charge in [-0.05, 0) is 26.4 Å². The van der Waals surface area contributed by atoms with Crippen molar-refractivity contribution < 1.29 is 4.92 Å². The van der Waals surface area contributed by atoms with E-state index in [1.54, 1.807) is 6.20 Å². The molecular formula is C12H10BrN3O2. The number of nitrogens with zero attached hydrogens (tertiary/aromatic N) is 3. The highest BCUT2D eigenvalue weighted by Gasteiger charge is 2.17. The molecule has 2 rings (SSSR count). The van der Waals surface area contributed by atoms with Crippen molar-refractivity contribution in [3.05, 3.63) is 62.8 Å². The molecule has 0 radical (unpaired) electrons. The summed E-state index contributed by atoms with van der Waals surface area (Å²) in [6, 6.07) is 9.82. The summed E-state index contributed by atoms with van der Waals surface area (Å²) in [5, 5.41) is 14.5. The fourth-order valence-corrected chi connectivity index (χ4v) is 1.93. The smallest absolute Gasteiger partial charge is 0.358 e. The average molecular weight is 308 g/mol. The Morgan fingerprint density at radius 3 is 2.72 bits per heavy atom. The molecule has 1 heterocycles. The Hall–Kier alpha value is -1.95. The van der Waals surface area contributed by atoms with E-state index in [1.165, 1.54) is 4.68 Å². The van der Waals surface area contributed by atoms with Gasteiger partial charge in [-0.2, -0.15) is 4.68 Å². The molecule has 0 atom stereocenters. The van der Waals surface area contributed by atoms with Crippen LogP contribution in [-0.4, -0.2) is 14.7 Å². The molecule has 0 aliphatic rings. The molecule has 92 valence electrons. The zero-order valence-electron chi connectivity index (χ0n) is 9.36. The first-order chi connectivity index (χ1) is 8.66. The van der Waals surface area contributed by atoms with Crippen molar-refractivity contribution in [3.8, 4) is 0 Å². The summed E-state index contributed by atoms with van der Waals surface area (Å²) >= 11 is 3.11. The predicted molar refractivity (Wildman–Crippen MR) is 72.1 cm³/mol. The fourth-order valence-electron chi connectivity index (χ4n) is 1.47. The van der Waals surface area contributed by atoms with Crippen LogP contribution in [0.1, 0.15) is 5.56 Å². The van der Waals surface area contributed by atoms with Gasteiger partial charge in [0.25, 0.3) is 0 Å². The Morgan fingerprint density at radius 1 is 1.39 bits per heavy atom. The Bertz CT molecular complexity index is 578. The summed E-state index contributed by atoms with van der Waals surface area (Å²) < 4.78 is 1.90. The molecule has 5 nitrogen and oxygen atoms in total. The van der Waals surface area contributed by atoms with E-state index >= 15 is 0 Å². The van der Waals surface area contributed by atoms with Crippen molar-refractivity contribution in [2.24, 2.45) is 0 Å². The molecule has 1 aromatic carbocycles. The van der Waals surface area contributed by atoms with Gasteiger partial charge in [-0.1, -0.05) is 42.5 Å². The number of aromatic nitrogens is 2. The van der Waals surface area contributed by atoms with Crippen molar-refractivity contribution in [1.29, 1.82) is 0 Å². The molecule has 0 fully saturated rings. The van der Waals surface area contributed by atoms with Gasteiger partial charge < -0.3 is 10.1 Å². The van der Waals surface area contributed by atoms with Gasteiger partial charge in [0.2, 0.25) is 0 Å². The van der Waals surface area contributed by atoms with Crippen molar-refractivity contribution in [1.82, 2.24) is 9.78 Å². The Balaban J connectivity index is 2.05. The van der Waals surface area contributed by atoms with E-state index in [0.717, 1.165) is 5.56 Å². The zero-order chi connectivity index (χ0) is 13.0. The molecule has 18 heavy (non-hydrogen) atoms. The number of rotatable bonds is 4. The lowest BCUT2D eigenvalue weighted by molar-refractivity contribution is -0.390. The Morgan fingerprint density at radius 2 is 2.11 bits per heavy atom. The molecule has 2 aromatic rings. The van der Waals surface area contributed by atoms with Crippen LogP contribution in [0, 0.1) is 10.1 Å². The van der Waals surface area contributed by atoms with E-state index in [0.29, 0.717) is 11.0 Å². The number of hydrogen-bond acceptors (Lipinski definition) is 3. The summed E-state index contributed by atoms with van der Waals surface area (Å²) in [5.74, 6) is -0.164. The lowest BCUT2D eigenvalue weighted by atomic mass is 10.2. The van der Waals surface area contributed by atoms with Gasteiger partial charge in [0, 0.05) is 0 Å². The van der Waals surface area contributed by atoms with Gasteiger partial charge in [-0.25, -0.2) is 0 Å². The Labute approximate surface area is 112 Å². The predicted octanol–water partition coefficient (Wildman–Crippen LogP) is 3.27. The number of nitro groups is 1. The number of allylic oxidation sites excluding steroid dienone is 1. The highest BCUT2D eigenvalue weighted by Crippen LogP contribution is 2.21. The second-order valence-corrected chi connectivity index (χ2v) is 4.45. The van der Waals surface area contributed by atoms with Crippen molar-refractivity contribution in [2.75, 3.05) is 0 Å². The van der Waals surface area contributed by atoms with Crippen LogP contribution in [0.25, 0.3) is 6.08 Å². The minimum Gasteiger partial charge on any atom is -0.358 e. The third-order valence-corrected chi connectivity index (χ3v) is 2.83. The maximum atomic E-state index is 10.6. The number of halogens is 1. The quantitative estimate of drug-likeness (QED) is 0.643. The number of hydrogen-bond donors (Lipinski definition) is 0. The molecule has 0 unspecified atom stereocenters. The second kappa shape index (κ2) is 5.59. The molecule has 0 saturated heterocycles.